The van der Waals surface area contributed by atoms with Crippen molar-refractivity contribution in [2.45, 2.75) is 39.7 Å². The van der Waals surface area contributed by atoms with Crippen molar-refractivity contribution < 1.29 is 0 Å². The van der Waals surface area contributed by atoms with E-state index < -0.39 is 0 Å². The zero-order chi connectivity index (χ0) is 9.14. The van der Waals surface area contributed by atoms with Crippen molar-refractivity contribution in [3.63, 3.8) is 0 Å². The van der Waals surface area contributed by atoms with Gasteiger partial charge in [0, 0.05) is 17.3 Å². The Morgan fingerprint density at radius 2 is 2.25 bits per heavy atom. The number of nitrogens with two attached hydrogens (primary N) is 1. The van der Waals surface area contributed by atoms with Gasteiger partial charge in [0.05, 0.1) is 10.7 Å². The van der Waals surface area contributed by atoms with Crippen LogP contribution in [0, 0.1) is 6.92 Å². The lowest BCUT2D eigenvalue weighted by molar-refractivity contribution is 0.724. The van der Waals surface area contributed by atoms with Gasteiger partial charge in [0.25, 0.3) is 0 Å². The monoisotopic (exact) mass is 184 g/mol. The molecule has 0 amide bonds. The van der Waals surface area contributed by atoms with Gasteiger partial charge in [-0.05, 0) is 13.3 Å². The average molecular weight is 184 g/mol. The maximum atomic E-state index is 5.58. The van der Waals surface area contributed by atoms with E-state index in [2.05, 4.69) is 18.8 Å². The largest absolute Gasteiger partial charge is 0.326 e. The van der Waals surface area contributed by atoms with Gasteiger partial charge in [-0.15, -0.1) is 11.3 Å². The molecule has 68 valence electrons. The van der Waals surface area contributed by atoms with Gasteiger partial charge in [0.1, 0.15) is 0 Å². The minimum Gasteiger partial charge on any atom is -0.326 e. The molecule has 0 radical (unpaired) electrons. The fourth-order valence-electron chi connectivity index (χ4n) is 1.03. The highest BCUT2D eigenvalue weighted by molar-refractivity contribution is 7.11. The second-order valence-electron chi connectivity index (χ2n) is 3.07. The summed E-state index contributed by atoms with van der Waals surface area (Å²) < 4.78 is 0. The van der Waals surface area contributed by atoms with Crippen LogP contribution >= 0.6 is 11.3 Å². The Balaban J connectivity index is 2.88. The molecule has 3 heteroatoms. The Kier molecular flexibility index (Phi) is 3.23. The van der Waals surface area contributed by atoms with Crippen LogP contribution in [0.15, 0.2) is 0 Å². The first-order chi connectivity index (χ1) is 5.69. The Hall–Kier alpha value is -0.410. The van der Waals surface area contributed by atoms with Gasteiger partial charge in [0.15, 0.2) is 0 Å². The summed E-state index contributed by atoms with van der Waals surface area (Å²) in [6.45, 7) is 7.05. The van der Waals surface area contributed by atoms with Gasteiger partial charge in [0.2, 0.25) is 0 Å². The van der Waals surface area contributed by atoms with Crippen molar-refractivity contribution in [3.8, 4) is 0 Å². The van der Waals surface area contributed by atoms with Crippen molar-refractivity contribution >= 4 is 11.3 Å². The van der Waals surface area contributed by atoms with Crippen molar-refractivity contribution in [1.29, 1.82) is 0 Å². The van der Waals surface area contributed by atoms with Crippen LogP contribution in [0.2, 0.25) is 0 Å². The molecule has 0 aliphatic heterocycles. The molecule has 1 rings (SSSR count). The van der Waals surface area contributed by atoms with E-state index in [0.29, 0.717) is 12.5 Å². The molecule has 2 N–H and O–H groups in total. The van der Waals surface area contributed by atoms with E-state index in [0.717, 1.165) is 12.1 Å². The smallest absolute Gasteiger partial charge is 0.0959 e. The quantitative estimate of drug-likeness (QED) is 0.783. The van der Waals surface area contributed by atoms with Gasteiger partial charge in [-0.3, -0.25) is 0 Å². The highest BCUT2D eigenvalue weighted by atomic mass is 32.1. The Bertz CT molecular complexity index is 255. The molecule has 1 unspecified atom stereocenters. The summed E-state index contributed by atoms with van der Waals surface area (Å²) in [4.78, 5) is 5.72. The van der Waals surface area contributed by atoms with Crippen LogP contribution in [0.3, 0.4) is 0 Å². The third-order valence-corrected chi connectivity index (χ3v) is 3.54. The molecular weight excluding hydrogens is 168 g/mol. The molecule has 0 fully saturated rings. The van der Waals surface area contributed by atoms with E-state index in [4.69, 9.17) is 5.73 Å². The van der Waals surface area contributed by atoms with E-state index in [1.807, 2.05) is 6.92 Å². The summed E-state index contributed by atoms with van der Waals surface area (Å²) in [7, 11) is 0. The summed E-state index contributed by atoms with van der Waals surface area (Å²) in [5.74, 6) is 0.578. The number of rotatable bonds is 3. The molecule has 0 aliphatic rings. The minimum atomic E-state index is 0.578. The molecule has 0 spiro atoms. The SMILES string of the molecule is CCC(C)c1nc(C)c(CN)s1. The number of aromatic nitrogens is 1. The highest BCUT2D eigenvalue weighted by Gasteiger charge is 2.10. The van der Waals surface area contributed by atoms with Crippen LogP contribution in [0.25, 0.3) is 0 Å². The molecule has 2 nitrogen and oxygen atoms in total. The third-order valence-electron chi connectivity index (χ3n) is 2.13. The summed E-state index contributed by atoms with van der Waals surface area (Å²) in [5, 5.41) is 1.23. The van der Waals surface area contributed by atoms with E-state index in [9.17, 15) is 0 Å². The standard InChI is InChI=1S/C9H16N2S/c1-4-6(2)9-11-7(3)8(5-10)12-9/h6H,4-5,10H2,1-3H3. The number of hydrogen-bond donors (Lipinski definition) is 1. The van der Waals surface area contributed by atoms with Crippen LogP contribution in [-0.2, 0) is 6.54 Å². The van der Waals surface area contributed by atoms with Crippen LogP contribution < -0.4 is 5.73 Å². The van der Waals surface area contributed by atoms with Gasteiger partial charge < -0.3 is 5.73 Å². The third kappa shape index (κ3) is 1.84. The van der Waals surface area contributed by atoms with Gasteiger partial charge in [-0.2, -0.15) is 0 Å². The fourth-order valence-corrected chi connectivity index (χ4v) is 2.10. The van der Waals surface area contributed by atoms with Gasteiger partial charge >= 0.3 is 0 Å². The van der Waals surface area contributed by atoms with Crippen molar-refractivity contribution in [2.24, 2.45) is 5.73 Å². The molecule has 1 atom stereocenters. The summed E-state index contributed by atoms with van der Waals surface area (Å²) >= 11 is 1.76. The lowest BCUT2D eigenvalue weighted by atomic mass is 10.1. The predicted molar refractivity (Wildman–Crippen MR) is 53.4 cm³/mol. The molecule has 0 saturated carbocycles. The first-order valence-electron chi connectivity index (χ1n) is 4.35. The Morgan fingerprint density at radius 1 is 1.58 bits per heavy atom. The molecule has 0 aliphatic carbocycles. The molecule has 0 aromatic carbocycles. The second-order valence-corrected chi connectivity index (χ2v) is 4.19. The van der Waals surface area contributed by atoms with E-state index >= 15 is 0 Å². The van der Waals surface area contributed by atoms with Crippen LogP contribution in [0.1, 0.15) is 41.8 Å². The molecule has 0 bridgehead atoms. The normalized spacial score (nSPS) is 13.3. The Morgan fingerprint density at radius 3 is 2.67 bits per heavy atom. The molecule has 12 heavy (non-hydrogen) atoms. The van der Waals surface area contributed by atoms with Gasteiger partial charge in [-0.1, -0.05) is 13.8 Å². The first kappa shape index (κ1) is 9.68. The zero-order valence-electron chi connectivity index (χ0n) is 7.92. The molecule has 1 heterocycles. The summed E-state index contributed by atoms with van der Waals surface area (Å²) in [5.41, 5.74) is 6.69. The summed E-state index contributed by atoms with van der Waals surface area (Å²) in [6, 6.07) is 0. The van der Waals surface area contributed by atoms with Crippen molar-refractivity contribution in [3.05, 3.63) is 15.6 Å². The average Bonchev–Trinajstić information content (AvgIpc) is 2.45. The van der Waals surface area contributed by atoms with Gasteiger partial charge in [-0.25, -0.2) is 4.98 Å². The fraction of sp³-hybridized carbons (Fsp3) is 0.667. The Labute approximate surface area is 77.8 Å². The lowest BCUT2D eigenvalue weighted by Gasteiger charge is -2.01. The highest BCUT2D eigenvalue weighted by Crippen LogP contribution is 2.26. The van der Waals surface area contributed by atoms with E-state index in [-0.39, 0.29) is 0 Å². The van der Waals surface area contributed by atoms with Crippen molar-refractivity contribution in [1.82, 2.24) is 4.98 Å². The van der Waals surface area contributed by atoms with Crippen LogP contribution in [0.5, 0.6) is 0 Å². The zero-order valence-corrected chi connectivity index (χ0v) is 8.74. The molecular formula is C9H16N2S. The van der Waals surface area contributed by atoms with E-state index in [1.165, 1.54) is 9.88 Å². The lowest BCUT2D eigenvalue weighted by Crippen LogP contribution is -1.94. The number of aryl methyl sites for hydroxylation is 1. The maximum absolute atomic E-state index is 5.58. The van der Waals surface area contributed by atoms with E-state index in [1.54, 1.807) is 11.3 Å². The number of thiazole rings is 1. The predicted octanol–water partition coefficient (Wildman–Crippen LogP) is 2.42. The number of hydrogen-bond acceptors (Lipinski definition) is 3. The number of nitrogens with zero attached hydrogens (tertiary/aromatic N) is 1. The molecule has 1 aromatic heterocycles. The van der Waals surface area contributed by atoms with Crippen LogP contribution in [0.4, 0.5) is 0 Å². The topological polar surface area (TPSA) is 38.9 Å². The summed E-state index contributed by atoms with van der Waals surface area (Å²) in [6.07, 6.45) is 1.15. The second kappa shape index (κ2) is 4.01. The minimum absolute atomic E-state index is 0.578. The maximum Gasteiger partial charge on any atom is 0.0959 e. The molecule has 1 aromatic rings. The molecule has 0 saturated heterocycles. The van der Waals surface area contributed by atoms with Crippen molar-refractivity contribution in [2.75, 3.05) is 0 Å². The first-order valence-corrected chi connectivity index (χ1v) is 5.17. The van der Waals surface area contributed by atoms with Crippen LogP contribution in [-0.4, -0.2) is 4.98 Å².